The smallest absolute Gasteiger partial charge is 0.219 e. The van der Waals surface area contributed by atoms with Crippen molar-refractivity contribution in [1.29, 1.82) is 0 Å². The predicted octanol–water partition coefficient (Wildman–Crippen LogP) is 0.738. The summed E-state index contributed by atoms with van der Waals surface area (Å²) in [6.45, 7) is 0.378. The largest absolute Gasteiger partial charge is 0.497 e. The normalized spacial score (nSPS) is 34.5. The molecule has 2 bridgehead atoms. The Hall–Kier alpha value is -1.92. The van der Waals surface area contributed by atoms with Crippen LogP contribution < -0.4 is 4.74 Å². The van der Waals surface area contributed by atoms with E-state index in [1.807, 2.05) is 24.3 Å². The van der Waals surface area contributed by atoms with Crippen LogP contribution >= 0.6 is 0 Å². The average molecular weight is 275 g/mol. The Bertz CT molecular complexity index is 582. The van der Waals surface area contributed by atoms with E-state index in [2.05, 4.69) is 5.16 Å². The maximum atomic E-state index is 12.3. The van der Waals surface area contributed by atoms with Crippen molar-refractivity contribution in [1.82, 2.24) is 0 Å². The van der Waals surface area contributed by atoms with Gasteiger partial charge in [-0.2, -0.15) is 0 Å². The number of carbonyl (C=O) groups excluding carboxylic acids is 1. The summed E-state index contributed by atoms with van der Waals surface area (Å²) >= 11 is 0. The number of fused-ring (bicyclic) bond motifs is 4. The van der Waals surface area contributed by atoms with Gasteiger partial charge in [0.25, 0.3) is 0 Å². The summed E-state index contributed by atoms with van der Waals surface area (Å²) in [7, 11) is 1.61. The number of benzene rings is 1. The number of nitrogens with zero attached hydrogens (tertiary/aromatic N) is 1. The third-order valence-corrected chi connectivity index (χ3v) is 3.90. The fourth-order valence-corrected chi connectivity index (χ4v) is 2.85. The van der Waals surface area contributed by atoms with Crippen molar-refractivity contribution in [2.75, 3.05) is 13.7 Å². The zero-order valence-corrected chi connectivity index (χ0v) is 10.8. The van der Waals surface area contributed by atoms with Crippen LogP contribution in [0.25, 0.3) is 0 Å². The molecule has 104 valence electrons. The van der Waals surface area contributed by atoms with Gasteiger partial charge in [0.1, 0.15) is 23.5 Å². The first-order chi connectivity index (χ1) is 9.78. The van der Waals surface area contributed by atoms with Crippen LogP contribution in [0.1, 0.15) is 5.56 Å². The third-order valence-electron chi connectivity index (χ3n) is 3.90. The topological polar surface area (TPSA) is 66.4 Å². The molecule has 3 aliphatic rings. The number of Topliss-reactive ketones (excluding diaryl/α,β-unsaturated/α-hetero) is 1. The van der Waals surface area contributed by atoms with E-state index in [9.17, 15) is 4.79 Å². The first-order valence-electron chi connectivity index (χ1n) is 6.47. The molecule has 0 saturated carbocycles. The number of hydrogen-bond donors (Lipinski definition) is 0. The van der Waals surface area contributed by atoms with Crippen LogP contribution in [0.5, 0.6) is 5.75 Å². The Morgan fingerprint density at radius 1 is 1.30 bits per heavy atom. The highest BCUT2D eigenvalue weighted by Gasteiger charge is 2.56. The van der Waals surface area contributed by atoms with E-state index >= 15 is 0 Å². The Morgan fingerprint density at radius 3 is 2.85 bits per heavy atom. The highest BCUT2D eigenvalue weighted by molar-refractivity contribution is 6.15. The molecule has 2 fully saturated rings. The second kappa shape index (κ2) is 4.29. The van der Waals surface area contributed by atoms with Crippen LogP contribution in [0.15, 0.2) is 29.4 Å². The zero-order chi connectivity index (χ0) is 13.7. The number of ether oxygens (including phenoxy) is 3. The number of carbonyl (C=O) groups is 1. The minimum absolute atomic E-state index is 0.115. The molecule has 0 unspecified atom stereocenters. The van der Waals surface area contributed by atoms with Gasteiger partial charge in [-0.05, 0) is 24.3 Å². The third kappa shape index (κ3) is 1.58. The number of methoxy groups -OCH3 is 1. The first kappa shape index (κ1) is 11.9. The Kier molecular flexibility index (Phi) is 2.55. The molecular formula is C14H13NO5. The molecule has 20 heavy (non-hydrogen) atoms. The molecule has 0 aliphatic carbocycles. The number of oxime groups is 1. The summed E-state index contributed by atoms with van der Waals surface area (Å²) < 4.78 is 15.9. The number of hydrogen-bond acceptors (Lipinski definition) is 6. The van der Waals surface area contributed by atoms with Gasteiger partial charge in [0, 0.05) is 5.56 Å². The van der Waals surface area contributed by atoms with Crippen LogP contribution in [0.4, 0.5) is 0 Å². The van der Waals surface area contributed by atoms with Crippen molar-refractivity contribution in [3.63, 3.8) is 0 Å². The SMILES string of the molecule is COc1ccc(C2=NO[C@@H]3[C@@H]2C(=O)[C@H]2OC[C@H]3O2)cc1. The summed E-state index contributed by atoms with van der Waals surface area (Å²) in [6, 6.07) is 7.41. The molecule has 0 N–H and O–H groups in total. The molecule has 1 aromatic rings. The van der Waals surface area contributed by atoms with Crippen molar-refractivity contribution in [3.05, 3.63) is 29.8 Å². The number of rotatable bonds is 2. The van der Waals surface area contributed by atoms with Crippen LogP contribution in [0.3, 0.4) is 0 Å². The van der Waals surface area contributed by atoms with Gasteiger partial charge in [0.05, 0.1) is 13.7 Å². The molecular weight excluding hydrogens is 262 g/mol. The van der Waals surface area contributed by atoms with E-state index in [0.29, 0.717) is 12.3 Å². The maximum Gasteiger partial charge on any atom is 0.219 e. The van der Waals surface area contributed by atoms with Crippen LogP contribution in [-0.4, -0.2) is 43.7 Å². The van der Waals surface area contributed by atoms with Gasteiger partial charge >= 0.3 is 0 Å². The average Bonchev–Trinajstić information content (AvgIpc) is 3.11. The quantitative estimate of drug-likeness (QED) is 0.796. The summed E-state index contributed by atoms with van der Waals surface area (Å²) in [5, 5.41) is 4.09. The molecule has 0 spiro atoms. The van der Waals surface area contributed by atoms with Gasteiger partial charge in [-0.3, -0.25) is 4.79 Å². The van der Waals surface area contributed by atoms with E-state index in [-0.39, 0.29) is 18.0 Å². The van der Waals surface area contributed by atoms with Crippen molar-refractivity contribution in [2.45, 2.75) is 18.5 Å². The van der Waals surface area contributed by atoms with E-state index in [1.165, 1.54) is 0 Å². The van der Waals surface area contributed by atoms with E-state index in [0.717, 1.165) is 11.3 Å². The summed E-state index contributed by atoms with van der Waals surface area (Å²) in [5.74, 6) is 0.233. The van der Waals surface area contributed by atoms with Gasteiger partial charge in [0.2, 0.25) is 12.1 Å². The van der Waals surface area contributed by atoms with Crippen molar-refractivity contribution in [2.24, 2.45) is 11.1 Å². The first-order valence-corrected chi connectivity index (χ1v) is 6.47. The zero-order valence-electron chi connectivity index (χ0n) is 10.8. The molecule has 2 saturated heterocycles. The lowest BCUT2D eigenvalue weighted by molar-refractivity contribution is -0.169. The molecule has 1 aromatic carbocycles. The lowest BCUT2D eigenvalue weighted by Crippen LogP contribution is -2.48. The second-order valence-electron chi connectivity index (χ2n) is 4.99. The van der Waals surface area contributed by atoms with Crippen molar-refractivity contribution in [3.8, 4) is 5.75 Å². The summed E-state index contributed by atoms with van der Waals surface area (Å²) in [5.41, 5.74) is 1.50. The minimum atomic E-state index is -0.772. The lowest BCUT2D eigenvalue weighted by Gasteiger charge is -2.27. The molecule has 4 rings (SSSR count). The van der Waals surface area contributed by atoms with E-state index < -0.39 is 12.2 Å². The Morgan fingerprint density at radius 2 is 2.10 bits per heavy atom. The molecule has 3 aliphatic heterocycles. The van der Waals surface area contributed by atoms with Gasteiger partial charge in [-0.25, -0.2) is 0 Å². The second-order valence-corrected chi connectivity index (χ2v) is 4.99. The van der Waals surface area contributed by atoms with Crippen LogP contribution in [0.2, 0.25) is 0 Å². The highest BCUT2D eigenvalue weighted by atomic mass is 16.7. The van der Waals surface area contributed by atoms with Crippen LogP contribution in [0, 0.1) is 5.92 Å². The Balaban J connectivity index is 1.67. The Labute approximate surface area is 115 Å². The maximum absolute atomic E-state index is 12.3. The standard InChI is InChI=1S/C14H13NO5/c1-17-8-4-2-7(3-5-8)11-10-12(16)14-18-6-9(19-14)13(10)20-15-11/h2-5,9-10,13-14H,6H2,1H3/t9-,10+,13+,14+/m1/s1. The fraction of sp³-hybridized carbons (Fsp3) is 0.429. The summed E-state index contributed by atoms with van der Waals surface area (Å²) in [6.07, 6.45) is -1.37. The fourth-order valence-electron chi connectivity index (χ4n) is 2.85. The molecule has 0 radical (unpaired) electrons. The van der Waals surface area contributed by atoms with E-state index in [1.54, 1.807) is 7.11 Å². The lowest BCUT2D eigenvalue weighted by atomic mass is 9.85. The molecule has 0 amide bonds. The molecule has 6 heteroatoms. The summed E-state index contributed by atoms with van der Waals surface area (Å²) in [4.78, 5) is 17.7. The highest BCUT2D eigenvalue weighted by Crippen LogP contribution is 2.37. The van der Waals surface area contributed by atoms with Crippen LogP contribution in [-0.2, 0) is 19.1 Å². The van der Waals surface area contributed by atoms with Gasteiger partial charge in [-0.15, -0.1) is 0 Å². The molecule has 3 heterocycles. The number of ketones is 1. The van der Waals surface area contributed by atoms with E-state index in [4.69, 9.17) is 19.0 Å². The van der Waals surface area contributed by atoms with Crippen molar-refractivity contribution >= 4 is 11.5 Å². The monoisotopic (exact) mass is 275 g/mol. The predicted molar refractivity (Wildman–Crippen MR) is 67.5 cm³/mol. The molecule has 4 atom stereocenters. The molecule has 0 aromatic heterocycles. The molecule has 6 nitrogen and oxygen atoms in total. The van der Waals surface area contributed by atoms with Gasteiger partial charge < -0.3 is 19.0 Å². The van der Waals surface area contributed by atoms with Crippen molar-refractivity contribution < 1.29 is 23.8 Å². The van der Waals surface area contributed by atoms with Gasteiger partial charge in [0.15, 0.2) is 6.10 Å². The van der Waals surface area contributed by atoms with Gasteiger partial charge in [-0.1, -0.05) is 5.16 Å². The minimum Gasteiger partial charge on any atom is -0.497 e.